The van der Waals surface area contributed by atoms with Crippen LogP contribution in [0.1, 0.15) is 36.1 Å². The lowest BCUT2D eigenvalue weighted by atomic mass is 10.1. The number of hydrogen-bond donors (Lipinski definition) is 1. The molecule has 1 aromatic heterocycles. The molecule has 5 nitrogen and oxygen atoms in total. The second-order valence-electron chi connectivity index (χ2n) is 5.10. The quantitative estimate of drug-likeness (QED) is 0.798. The van der Waals surface area contributed by atoms with Gasteiger partial charge in [0, 0.05) is 17.6 Å². The van der Waals surface area contributed by atoms with Crippen LogP contribution in [0.3, 0.4) is 0 Å². The van der Waals surface area contributed by atoms with Crippen LogP contribution in [0.4, 0.5) is 0 Å². The van der Waals surface area contributed by atoms with Crippen molar-refractivity contribution in [1.82, 2.24) is 15.0 Å². The number of aromatic nitrogens is 3. The Kier molecular flexibility index (Phi) is 5.33. The van der Waals surface area contributed by atoms with Gasteiger partial charge in [0.05, 0.1) is 12.2 Å². The van der Waals surface area contributed by atoms with E-state index in [2.05, 4.69) is 10.3 Å². The van der Waals surface area contributed by atoms with Gasteiger partial charge < -0.3 is 5.11 Å². The molecule has 112 valence electrons. The zero-order chi connectivity index (χ0) is 15.2. The van der Waals surface area contributed by atoms with Crippen molar-refractivity contribution in [2.45, 2.75) is 39.2 Å². The molecule has 0 aliphatic carbocycles. The Morgan fingerprint density at radius 2 is 2.19 bits per heavy atom. The molecule has 0 amide bonds. The van der Waals surface area contributed by atoms with Crippen LogP contribution in [-0.2, 0) is 17.8 Å². The molecule has 0 bridgehead atoms. The Morgan fingerprint density at radius 1 is 1.38 bits per heavy atom. The number of nitrogens with zero attached hydrogens (tertiary/aromatic N) is 3. The molecular weight excluding hydrogens is 290 g/mol. The Bertz CT molecular complexity index is 625. The minimum absolute atomic E-state index is 0.201. The maximum Gasteiger partial charge on any atom is 0.303 e. The third-order valence-corrected chi connectivity index (χ3v) is 3.55. The second-order valence-corrected chi connectivity index (χ2v) is 5.51. The van der Waals surface area contributed by atoms with E-state index in [0.29, 0.717) is 13.0 Å². The van der Waals surface area contributed by atoms with Crippen LogP contribution < -0.4 is 0 Å². The van der Waals surface area contributed by atoms with Gasteiger partial charge in [0.25, 0.3) is 0 Å². The fourth-order valence-corrected chi connectivity index (χ4v) is 2.36. The van der Waals surface area contributed by atoms with Crippen molar-refractivity contribution in [2.24, 2.45) is 0 Å². The van der Waals surface area contributed by atoms with Crippen molar-refractivity contribution < 1.29 is 9.90 Å². The number of aryl methyl sites for hydroxylation is 2. The standard InChI is InChI=1S/C15H18ClN3O2/c1-11-6-7-12(14(16)8-11)9-19-10-13(17-18-19)4-2-3-5-15(20)21/h6-8,10H,2-5,9H2,1H3,(H,20,21). The van der Waals surface area contributed by atoms with Crippen molar-refractivity contribution in [2.75, 3.05) is 0 Å². The van der Waals surface area contributed by atoms with Crippen LogP contribution in [0.15, 0.2) is 24.4 Å². The Labute approximate surface area is 128 Å². The van der Waals surface area contributed by atoms with Crippen LogP contribution >= 0.6 is 11.6 Å². The summed E-state index contributed by atoms with van der Waals surface area (Å²) < 4.78 is 1.75. The van der Waals surface area contributed by atoms with Crippen molar-refractivity contribution in [1.29, 1.82) is 0 Å². The van der Waals surface area contributed by atoms with Crippen molar-refractivity contribution in [3.8, 4) is 0 Å². The fourth-order valence-electron chi connectivity index (χ4n) is 2.07. The van der Waals surface area contributed by atoms with E-state index in [1.54, 1.807) is 4.68 Å². The number of aliphatic carboxylic acids is 1. The van der Waals surface area contributed by atoms with Crippen molar-refractivity contribution in [3.05, 3.63) is 46.2 Å². The zero-order valence-electron chi connectivity index (χ0n) is 11.9. The van der Waals surface area contributed by atoms with Crippen molar-refractivity contribution >= 4 is 17.6 Å². The first kappa shape index (κ1) is 15.5. The topological polar surface area (TPSA) is 68.0 Å². The number of benzene rings is 1. The van der Waals surface area contributed by atoms with Crippen LogP contribution in [0, 0.1) is 6.92 Å². The molecule has 0 aliphatic heterocycles. The maximum atomic E-state index is 10.4. The molecule has 2 rings (SSSR count). The molecule has 0 fully saturated rings. The van der Waals surface area contributed by atoms with Gasteiger partial charge in [-0.1, -0.05) is 28.9 Å². The first-order valence-electron chi connectivity index (χ1n) is 6.90. The van der Waals surface area contributed by atoms with Crippen molar-refractivity contribution in [3.63, 3.8) is 0 Å². The monoisotopic (exact) mass is 307 g/mol. The van der Waals surface area contributed by atoms with Gasteiger partial charge in [-0.25, -0.2) is 4.68 Å². The van der Waals surface area contributed by atoms with Crippen LogP contribution in [-0.4, -0.2) is 26.1 Å². The SMILES string of the molecule is Cc1ccc(Cn2cc(CCCCC(=O)O)nn2)c(Cl)c1. The van der Waals surface area contributed by atoms with Crippen LogP contribution in [0.5, 0.6) is 0 Å². The molecule has 2 aromatic rings. The van der Waals surface area contributed by atoms with Gasteiger partial charge in [-0.15, -0.1) is 5.10 Å². The van der Waals surface area contributed by atoms with E-state index in [4.69, 9.17) is 16.7 Å². The molecule has 1 aromatic carbocycles. The number of carboxylic acid groups (broad SMARTS) is 1. The van der Waals surface area contributed by atoms with E-state index in [-0.39, 0.29) is 6.42 Å². The summed E-state index contributed by atoms with van der Waals surface area (Å²) in [4.78, 5) is 10.4. The molecule has 0 saturated carbocycles. The summed E-state index contributed by atoms with van der Waals surface area (Å²) >= 11 is 6.20. The lowest BCUT2D eigenvalue weighted by molar-refractivity contribution is -0.137. The molecule has 1 N–H and O–H groups in total. The number of rotatable bonds is 7. The molecule has 6 heteroatoms. The molecule has 1 heterocycles. The largest absolute Gasteiger partial charge is 0.481 e. The molecular formula is C15H18ClN3O2. The maximum absolute atomic E-state index is 10.4. The van der Waals surface area contributed by atoms with Gasteiger partial charge in [0.15, 0.2) is 0 Å². The zero-order valence-corrected chi connectivity index (χ0v) is 12.7. The lowest BCUT2D eigenvalue weighted by Gasteiger charge is -2.04. The second kappa shape index (κ2) is 7.22. The average Bonchev–Trinajstić information content (AvgIpc) is 2.85. The molecule has 0 spiro atoms. The highest BCUT2D eigenvalue weighted by molar-refractivity contribution is 6.31. The van der Waals surface area contributed by atoms with Gasteiger partial charge in [-0.3, -0.25) is 4.79 Å². The van der Waals surface area contributed by atoms with E-state index in [0.717, 1.165) is 34.7 Å². The smallest absolute Gasteiger partial charge is 0.303 e. The molecule has 0 aliphatic rings. The van der Waals surface area contributed by atoms with E-state index < -0.39 is 5.97 Å². The lowest BCUT2D eigenvalue weighted by Crippen LogP contribution is -2.01. The Hall–Kier alpha value is -1.88. The summed E-state index contributed by atoms with van der Waals surface area (Å²) in [5.74, 6) is -0.757. The summed E-state index contributed by atoms with van der Waals surface area (Å²) in [5, 5.41) is 17.5. The minimum Gasteiger partial charge on any atom is -0.481 e. The number of hydrogen-bond acceptors (Lipinski definition) is 3. The number of unbranched alkanes of at least 4 members (excludes halogenated alkanes) is 1. The Morgan fingerprint density at radius 3 is 2.90 bits per heavy atom. The van der Waals surface area contributed by atoms with E-state index in [1.807, 2.05) is 31.3 Å². The average molecular weight is 308 g/mol. The van der Waals surface area contributed by atoms with Gasteiger partial charge in [0.2, 0.25) is 0 Å². The molecule has 0 radical (unpaired) electrons. The van der Waals surface area contributed by atoms with E-state index >= 15 is 0 Å². The minimum atomic E-state index is -0.757. The highest BCUT2D eigenvalue weighted by Gasteiger charge is 2.05. The predicted octanol–water partition coefficient (Wildman–Crippen LogP) is 3.09. The molecule has 0 unspecified atom stereocenters. The summed E-state index contributed by atoms with van der Waals surface area (Å²) in [6, 6.07) is 5.94. The number of carbonyl (C=O) groups is 1. The highest BCUT2D eigenvalue weighted by atomic mass is 35.5. The van der Waals surface area contributed by atoms with Gasteiger partial charge in [-0.2, -0.15) is 0 Å². The highest BCUT2D eigenvalue weighted by Crippen LogP contribution is 2.18. The third kappa shape index (κ3) is 4.86. The summed E-state index contributed by atoms with van der Waals surface area (Å²) in [7, 11) is 0. The summed E-state index contributed by atoms with van der Waals surface area (Å²) in [6.45, 7) is 2.58. The van der Waals surface area contributed by atoms with Gasteiger partial charge in [-0.05, 0) is 43.4 Å². The fraction of sp³-hybridized carbons (Fsp3) is 0.400. The summed E-state index contributed by atoms with van der Waals surface area (Å²) in [6.07, 6.45) is 4.29. The molecule has 0 atom stereocenters. The molecule has 21 heavy (non-hydrogen) atoms. The first-order chi connectivity index (χ1) is 10.0. The Balaban J connectivity index is 1.89. The van der Waals surface area contributed by atoms with E-state index in [1.165, 1.54) is 0 Å². The molecule has 0 saturated heterocycles. The van der Waals surface area contributed by atoms with Crippen LogP contribution in [0.2, 0.25) is 5.02 Å². The first-order valence-corrected chi connectivity index (χ1v) is 7.28. The predicted molar refractivity (Wildman–Crippen MR) is 80.5 cm³/mol. The number of halogens is 1. The third-order valence-electron chi connectivity index (χ3n) is 3.20. The number of carboxylic acids is 1. The van der Waals surface area contributed by atoms with Gasteiger partial charge in [0.1, 0.15) is 0 Å². The normalized spacial score (nSPS) is 10.8. The van der Waals surface area contributed by atoms with E-state index in [9.17, 15) is 4.79 Å². The van der Waals surface area contributed by atoms with Crippen LogP contribution in [0.25, 0.3) is 0 Å². The van der Waals surface area contributed by atoms with Gasteiger partial charge >= 0.3 is 5.97 Å². The summed E-state index contributed by atoms with van der Waals surface area (Å²) in [5.41, 5.74) is 3.01.